The second-order valence-corrected chi connectivity index (χ2v) is 6.48. The van der Waals surface area contributed by atoms with Crippen molar-refractivity contribution in [2.75, 3.05) is 13.1 Å². The number of carbonyl (C=O) groups is 1. The Morgan fingerprint density at radius 3 is 3.12 bits per heavy atom. The number of hydrogen-bond acceptors (Lipinski definition) is 4. The molecule has 0 radical (unpaired) electrons. The highest BCUT2D eigenvalue weighted by atomic mass is 16.3. The summed E-state index contributed by atoms with van der Waals surface area (Å²) in [4.78, 5) is 23.2. The molecule has 2 amide bonds. The van der Waals surface area contributed by atoms with Crippen LogP contribution in [0.25, 0.3) is 11.2 Å². The first-order chi connectivity index (χ1) is 12.2. The number of hydrogen-bond donors (Lipinski definition) is 1. The van der Waals surface area contributed by atoms with E-state index in [9.17, 15) is 4.79 Å². The van der Waals surface area contributed by atoms with Crippen molar-refractivity contribution < 1.29 is 9.21 Å². The van der Waals surface area contributed by atoms with Crippen LogP contribution < -0.4 is 5.32 Å². The third-order valence-electron chi connectivity index (χ3n) is 4.76. The maximum atomic E-state index is 12.3. The lowest BCUT2D eigenvalue weighted by Gasteiger charge is -2.17. The molecule has 0 bridgehead atoms. The lowest BCUT2D eigenvalue weighted by Crippen LogP contribution is -2.38. The van der Waals surface area contributed by atoms with Crippen LogP contribution in [-0.4, -0.2) is 38.6 Å². The molecule has 3 aromatic heterocycles. The average Bonchev–Trinajstić information content (AvgIpc) is 3.35. The summed E-state index contributed by atoms with van der Waals surface area (Å²) < 4.78 is 7.29. The van der Waals surface area contributed by atoms with Crippen molar-refractivity contribution in [3.8, 4) is 0 Å². The van der Waals surface area contributed by atoms with Crippen molar-refractivity contribution in [2.24, 2.45) is 13.0 Å². The van der Waals surface area contributed by atoms with E-state index in [1.54, 1.807) is 12.5 Å². The number of amides is 2. The molecule has 0 aliphatic carbocycles. The Kier molecular flexibility index (Phi) is 4.13. The van der Waals surface area contributed by atoms with Gasteiger partial charge in [-0.2, -0.15) is 0 Å². The highest BCUT2D eigenvalue weighted by Gasteiger charge is 2.27. The van der Waals surface area contributed by atoms with Gasteiger partial charge in [-0.25, -0.2) is 14.8 Å². The molecule has 1 fully saturated rings. The van der Waals surface area contributed by atoms with Crippen LogP contribution in [0.3, 0.4) is 0 Å². The Morgan fingerprint density at radius 2 is 2.32 bits per heavy atom. The summed E-state index contributed by atoms with van der Waals surface area (Å²) in [5.41, 5.74) is 1.83. The Labute approximate surface area is 145 Å². The van der Waals surface area contributed by atoms with Crippen LogP contribution in [0.2, 0.25) is 0 Å². The first-order valence-corrected chi connectivity index (χ1v) is 8.52. The number of aryl methyl sites for hydroxylation is 1. The van der Waals surface area contributed by atoms with Gasteiger partial charge in [0, 0.05) is 32.8 Å². The maximum absolute atomic E-state index is 12.3. The summed E-state index contributed by atoms with van der Waals surface area (Å²) in [7, 11) is 2.00. The largest absolute Gasteiger partial charge is 0.467 e. The van der Waals surface area contributed by atoms with E-state index in [1.807, 2.05) is 36.2 Å². The SMILES string of the molecule is Cn1c(C[C@@H]2CCN(C(=O)NCc3ccco3)C2)nc2cccnc21. The molecule has 130 valence electrons. The lowest BCUT2D eigenvalue weighted by atomic mass is 10.0. The molecule has 7 heteroatoms. The van der Waals surface area contributed by atoms with Gasteiger partial charge >= 0.3 is 6.03 Å². The zero-order valence-electron chi connectivity index (χ0n) is 14.2. The highest BCUT2D eigenvalue weighted by molar-refractivity contribution is 5.74. The smallest absolute Gasteiger partial charge is 0.317 e. The molecule has 0 spiro atoms. The number of pyridine rings is 1. The predicted molar refractivity (Wildman–Crippen MR) is 92.8 cm³/mol. The van der Waals surface area contributed by atoms with Crippen molar-refractivity contribution in [2.45, 2.75) is 19.4 Å². The molecule has 1 aliphatic heterocycles. The van der Waals surface area contributed by atoms with Gasteiger partial charge in [0.2, 0.25) is 0 Å². The summed E-state index contributed by atoms with van der Waals surface area (Å²) in [5, 5.41) is 2.91. The molecule has 7 nitrogen and oxygen atoms in total. The van der Waals surface area contributed by atoms with Gasteiger partial charge in [0.05, 0.1) is 12.8 Å². The fraction of sp³-hybridized carbons (Fsp3) is 0.389. The van der Waals surface area contributed by atoms with E-state index in [2.05, 4.69) is 19.9 Å². The molecule has 0 aromatic carbocycles. The number of likely N-dealkylation sites (tertiary alicyclic amines) is 1. The summed E-state index contributed by atoms with van der Waals surface area (Å²) in [5.74, 6) is 2.21. The number of fused-ring (bicyclic) bond motifs is 1. The topological polar surface area (TPSA) is 76.2 Å². The van der Waals surface area contributed by atoms with E-state index in [0.29, 0.717) is 12.5 Å². The number of nitrogens with one attached hydrogen (secondary N) is 1. The number of aromatic nitrogens is 3. The number of carbonyl (C=O) groups excluding carboxylic acids is 1. The molecule has 4 rings (SSSR count). The monoisotopic (exact) mass is 339 g/mol. The third-order valence-corrected chi connectivity index (χ3v) is 4.76. The summed E-state index contributed by atoms with van der Waals surface area (Å²) in [6.07, 6.45) is 5.24. The fourth-order valence-electron chi connectivity index (χ4n) is 3.38. The molecule has 4 heterocycles. The highest BCUT2D eigenvalue weighted by Crippen LogP contribution is 2.22. The van der Waals surface area contributed by atoms with E-state index < -0.39 is 0 Å². The van der Waals surface area contributed by atoms with Gasteiger partial charge in [0.25, 0.3) is 0 Å². The molecule has 25 heavy (non-hydrogen) atoms. The molecule has 1 N–H and O–H groups in total. The zero-order valence-corrected chi connectivity index (χ0v) is 14.2. The minimum Gasteiger partial charge on any atom is -0.467 e. The number of rotatable bonds is 4. The molecule has 1 aliphatic rings. The van der Waals surface area contributed by atoms with Crippen LogP contribution in [0, 0.1) is 5.92 Å². The van der Waals surface area contributed by atoms with Crippen molar-refractivity contribution >= 4 is 17.2 Å². The Balaban J connectivity index is 1.35. The molecular weight excluding hydrogens is 318 g/mol. The molecule has 1 atom stereocenters. The van der Waals surface area contributed by atoms with Gasteiger partial charge in [0.1, 0.15) is 17.1 Å². The number of imidazole rings is 1. The van der Waals surface area contributed by atoms with Gasteiger partial charge in [-0.1, -0.05) is 0 Å². The second-order valence-electron chi connectivity index (χ2n) is 6.48. The minimum absolute atomic E-state index is 0.0365. The van der Waals surface area contributed by atoms with E-state index >= 15 is 0 Å². The average molecular weight is 339 g/mol. The third kappa shape index (κ3) is 3.22. The van der Waals surface area contributed by atoms with E-state index in [0.717, 1.165) is 48.7 Å². The van der Waals surface area contributed by atoms with E-state index in [-0.39, 0.29) is 6.03 Å². The summed E-state index contributed by atoms with van der Waals surface area (Å²) in [6.45, 7) is 1.95. The predicted octanol–water partition coefficient (Wildman–Crippen LogP) is 2.34. The minimum atomic E-state index is -0.0365. The Hall–Kier alpha value is -2.83. The fourth-order valence-corrected chi connectivity index (χ4v) is 3.38. The van der Waals surface area contributed by atoms with Crippen LogP contribution in [0.15, 0.2) is 41.1 Å². The Bertz CT molecular complexity index is 871. The van der Waals surface area contributed by atoms with Crippen LogP contribution in [-0.2, 0) is 20.0 Å². The van der Waals surface area contributed by atoms with Crippen LogP contribution in [0.1, 0.15) is 18.0 Å². The van der Waals surface area contributed by atoms with Crippen molar-refractivity contribution in [1.82, 2.24) is 24.8 Å². The second kappa shape index (κ2) is 6.58. The number of furan rings is 1. The van der Waals surface area contributed by atoms with E-state index in [1.165, 1.54) is 0 Å². The Morgan fingerprint density at radius 1 is 1.40 bits per heavy atom. The molecular formula is C18H21N5O2. The molecule has 1 saturated heterocycles. The van der Waals surface area contributed by atoms with Gasteiger partial charge in [-0.15, -0.1) is 0 Å². The quantitative estimate of drug-likeness (QED) is 0.791. The van der Waals surface area contributed by atoms with Crippen molar-refractivity contribution in [3.05, 3.63) is 48.3 Å². The normalized spacial score (nSPS) is 17.3. The van der Waals surface area contributed by atoms with Crippen molar-refractivity contribution in [3.63, 3.8) is 0 Å². The van der Waals surface area contributed by atoms with Crippen molar-refractivity contribution in [1.29, 1.82) is 0 Å². The molecule has 0 saturated carbocycles. The summed E-state index contributed by atoms with van der Waals surface area (Å²) >= 11 is 0. The van der Waals surface area contributed by atoms with Gasteiger partial charge in [-0.3, -0.25) is 0 Å². The summed E-state index contributed by atoms with van der Waals surface area (Å²) in [6, 6.07) is 7.52. The first kappa shape index (κ1) is 15.7. The van der Waals surface area contributed by atoms with Gasteiger partial charge < -0.3 is 19.2 Å². The first-order valence-electron chi connectivity index (χ1n) is 8.52. The standard InChI is InChI=1S/C18H21N5O2/c1-22-16(21-15-5-2-7-19-17(15)22)10-13-6-8-23(12-13)18(24)20-11-14-4-3-9-25-14/h2-5,7,9,13H,6,8,10-12H2,1H3,(H,20,24)/t13-/m0/s1. The lowest BCUT2D eigenvalue weighted by molar-refractivity contribution is 0.205. The maximum Gasteiger partial charge on any atom is 0.317 e. The van der Waals surface area contributed by atoms with Gasteiger partial charge in [0.15, 0.2) is 5.65 Å². The molecule has 3 aromatic rings. The molecule has 0 unspecified atom stereocenters. The van der Waals surface area contributed by atoms with E-state index in [4.69, 9.17) is 4.42 Å². The van der Waals surface area contributed by atoms with Crippen LogP contribution in [0.4, 0.5) is 4.79 Å². The van der Waals surface area contributed by atoms with Crippen LogP contribution >= 0.6 is 0 Å². The number of urea groups is 1. The van der Waals surface area contributed by atoms with Gasteiger partial charge in [-0.05, 0) is 36.6 Å². The number of nitrogens with zero attached hydrogens (tertiary/aromatic N) is 4. The zero-order chi connectivity index (χ0) is 17.2. The van der Waals surface area contributed by atoms with Crippen LogP contribution in [0.5, 0.6) is 0 Å².